The maximum atomic E-state index is 12.4. The van der Waals surface area contributed by atoms with Gasteiger partial charge in [0.25, 0.3) is 0 Å². The van der Waals surface area contributed by atoms with Crippen LogP contribution in [0, 0.1) is 5.92 Å². The van der Waals surface area contributed by atoms with Gasteiger partial charge >= 0.3 is 0 Å². The van der Waals surface area contributed by atoms with E-state index in [2.05, 4.69) is 4.98 Å². The molecule has 114 valence electrons. The van der Waals surface area contributed by atoms with Gasteiger partial charge in [-0.15, -0.1) is 12.4 Å². The maximum Gasteiger partial charge on any atom is 0.244 e. The van der Waals surface area contributed by atoms with Crippen molar-refractivity contribution in [3.8, 4) is 5.88 Å². The summed E-state index contributed by atoms with van der Waals surface area (Å²) in [4.78, 5) is 4.13. The zero-order valence-corrected chi connectivity index (χ0v) is 13.2. The summed E-state index contributed by atoms with van der Waals surface area (Å²) in [5, 5.41) is 0. The van der Waals surface area contributed by atoms with E-state index in [0.717, 1.165) is 6.42 Å². The molecule has 8 heteroatoms. The zero-order chi connectivity index (χ0) is 14.0. The van der Waals surface area contributed by atoms with Crippen molar-refractivity contribution in [2.45, 2.75) is 24.3 Å². The first-order valence-electron chi connectivity index (χ1n) is 6.21. The molecule has 2 rings (SSSR count). The second-order valence-corrected chi connectivity index (χ2v) is 6.75. The summed E-state index contributed by atoms with van der Waals surface area (Å²) >= 11 is 0. The summed E-state index contributed by atoms with van der Waals surface area (Å²) in [5.41, 5.74) is 5.83. The summed E-state index contributed by atoms with van der Waals surface area (Å²) < 4.78 is 31.2. The molecule has 0 saturated carbocycles. The van der Waals surface area contributed by atoms with Crippen LogP contribution in [0.4, 0.5) is 0 Å². The summed E-state index contributed by atoms with van der Waals surface area (Å²) in [6, 6.07) is 3.07. The molecule has 0 aromatic carbocycles. The van der Waals surface area contributed by atoms with Crippen LogP contribution >= 0.6 is 12.4 Å². The van der Waals surface area contributed by atoms with Crippen molar-refractivity contribution in [3.05, 3.63) is 18.3 Å². The lowest BCUT2D eigenvalue weighted by Crippen LogP contribution is -2.33. The van der Waals surface area contributed by atoms with Crippen LogP contribution in [-0.4, -0.2) is 43.9 Å². The minimum absolute atomic E-state index is 0. The lowest BCUT2D eigenvalue weighted by molar-refractivity contribution is 0.396. The molecule has 2 heterocycles. The first-order valence-corrected chi connectivity index (χ1v) is 7.65. The number of nitrogens with zero attached hydrogens (tertiary/aromatic N) is 2. The molecule has 20 heavy (non-hydrogen) atoms. The first kappa shape index (κ1) is 17.2. The molecule has 1 aromatic rings. The Morgan fingerprint density at radius 2 is 2.20 bits per heavy atom. The maximum absolute atomic E-state index is 12.4. The monoisotopic (exact) mass is 321 g/mol. The fourth-order valence-electron chi connectivity index (χ4n) is 2.19. The second kappa shape index (κ2) is 6.71. The lowest BCUT2D eigenvalue weighted by Gasteiger charge is -2.18. The summed E-state index contributed by atoms with van der Waals surface area (Å²) in [5.74, 6) is 0.620. The number of halogens is 1. The van der Waals surface area contributed by atoms with Crippen molar-refractivity contribution in [2.24, 2.45) is 11.7 Å². The summed E-state index contributed by atoms with van der Waals surface area (Å²) in [6.45, 7) is 2.91. The van der Waals surface area contributed by atoms with E-state index >= 15 is 0 Å². The Morgan fingerprint density at radius 1 is 1.50 bits per heavy atom. The van der Waals surface area contributed by atoms with Crippen molar-refractivity contribution in [1.29, 1.82) is 0 Å². The molecule has 2 atom stereocenters. The van der Waals surface area contributed by atoms with E-state index in [4.69, 9.17) is 10.5 Å². The number of methoxy groups -OCH3 is 1. The predicted molar refractivity (Wildman–Crippen MR) is 78.6 cm³/mol. The van der Waals surface area contributed by atoms with E-state index in [-0.39, 0.29) is 29.3 Å². The number of rotatable bonds is 4. The zero-order valence-electron chi connectivity index (χ0n) is 11.5. The fourth-order valence-corrected chi connectivity index (χ4v) is 3.65. The SMILES string of the molecule is COc1ccc(S(=O)(=O)N2CCC(C(C)N)C2)cn1.Cl. The van der Waals surface area contributed by atoms with Gasteiger partial charge in [-0.3, -0.25) is 0 Å². The molecule has 0 aliphatic carbocycles. The van der Waals surface area contributed by atoms with Crippen LogP contribution in [0.2, 0.25) is 0 Å². The van der Waals surface area contributed by atoms with Crippen LogP contribution in [-0.2, 0) is 10.0 Å². The largest absolute Gasteiger partial charge is 0.481 e. The number of hydrogen-bond acceptors (Lipinski definition) is 5. The second-order valence-electron chi connectivity index (χ2n) is 4.81. The van der Waals surface area contributed by atoms with Gasteiger partial charge in [-0.25, -0.2) is 13.4 Å². The smallest absolute Gasteiger partial charge is 0.244 e. The van der Waals surface area contributed by atoms with Gasteiger partial charge in [-0.2, -0.15) is 4.31 Å². The Hall–Kier alpha value is -0.890. The highest BCUT2D eigenvalue weighted by Crippen LogP contribution is 2.25. The molecule has 0 radical (unpaired) electrons. The number of aromatic nitrogens is 1. The molecule has 1 aromatic heterocycles. The number of hydrogen-bond donors (Lipinski definition) is 1. The van der Waals surface area contributed by atoms with Crippen molar-refractivity contribution < 1.29 is 13.2 Å². The highest BCUT2D eigenvalue weighted by Gasteiger charge is 2.34. The summed E-state index contributed by atoms with van der Waals surface area (Å²) in [7, 11) is -1.98. The van der Waals surface area contributed by atoms with Crippen LogP contribution in [0.5, 0.6) is 5.88 Å². The van der Waals surface area contributed by atoms with Gasteiger partial charge < -0.3 is 10.5 Å². The van der Waals surface area contributed by atoms with Crippen LogP contribution in [0.15, 0.2) is 23.2 Å². The van der Waals surface area contributed by atoms with E-state index < -0.39 is 10.0 Å². The Labute approximate surface area is 125 Å². The first-order chi connectivity index (χ1) is 8.95. The van der Waals surface area contributed by atoms with Gasteiger partial charge in [0.05, 0.1) is 13.3 Å². The average Bonchev–Trinajstić information content (AvgIpc) is 2.89. The molecule has 0 bridgehead atoms. The molecule has 2 N–H and O–H groups in total. The average molecular weight is 322 g/mol. The number of pyridine rings is 1. The van der Waals surface area contributed by atoms with Gasteiger partial charge in [-0.05, 0) is 25.3 Å². The van der Waals surface area contributed by atoms with Crippen molar-refractivity contribution in [3.63, 3.8) is 0 Å². The Kier molecular flexibility index (Phi) is 5.76. The van der Waals surface area contributed by atoms with Crippen molar-refractivity contribution >= 4 is 22.4 Å². The lowest BCUT2D eigenvalue weighted by atomic mass is 10.0. The number of ether oxygens (including phenoxy) is 1. The minimum Gasteiger partial charge on any atom is -0.481 e. The molecular weight excluding hydrogens is 302 g/mol. The molecule has 6 nitrogen and oxygen atoms in total. The van der Waals surface area contributed by atoms with Crippen LogP contribution in [0.25, 0.3) is 0 Å². The van der Waals surface area contributed by atoms with Crippen molar-refractivity contribution in [1.82, 2.24) is 9.29 Å². The van der Waals surface area contributed by atoms with E-state index in [0.29, 0.717) is 19.0 Å². The third-order valence-corrected chi connectivity index (χ3v) is 5.34. The Balaban J connectivity index is 0.00000200. The molecule has 0 spiro atoms. The summed E-state index contributed by atoms with van der Waals surface area (Å²) in [6.07, 6.45) is 2.13. The van der Waals surface area contributed by atoms with E-state index in [1.165, 1.54) is 23.7 Å². The molecule has 1 aliphatic heterocycles. The number of sulfonamides is 1. The molecule has 1 saturated heterocycles. The van der Waals surface area contributed by atoms with Gasteiger partial charge in [0, 0.05) is 25.2 Å². The standard InChI is InChI=1S/C12H19N3O3S.ClH/c1-9(13)10-5-6-15(8-10)19(16,17)11-3-4-12(18-2)14-7-11;/h3-4,7,9-10H,5-6,8,13H2,1-2H3;1H. The topological polar surface area (TPSA) is 85.5 Å². The van der Waals surface area contributed by atoms with Gasteiger partial charge in [0.1, 0.15) is 4.90 Å². The highest BCUT2D eigenvalue weighted by atomic mass is 35.5. The number of nitrogens with two attached hydrogens (primary N) is 1. The van der Waals surface area contributed by atoms with E-state index in [9.17, 15) is 8.42 Å². The fraction of sp³-hybridized carbons (Fsp3) is 0.583. The van der Waals surface area contributed by atoms with Crippen LogP contribution < -0.4 is 10.5 Å². The molecular formula is C12H20ClN3O3S. The third-order valence-electron chi connectivity index (χ3n) is 3.49. The molecule has 2 unspecified atom stereocenters. The highest BCUT2D eigenvalue weighted by molar-refractivity contribution is 7.89. The molecule has 0 amide bonds. The normalized spacial score (nSPS) is 21.2. The van der Waals surface area contributed by atoms with Crippen LogP contribution in [0.1, 0.15) is 13.3 Å². The van der Waals surface area contributed by atoms with Gasteiger partial charge in [-0.1, -0.05) is 0 Å². The van der Waals surface area contributed by atoms with E-state index in [1.807, 2.05) is 6.92 Å². The predicted octanol–water partition coefficient (Wildman–Crippen LogP) is 0.870. The molecule has 1 aliphatic rings. The third kappa shape index (κ3) is 3.41. The Bertz CT molecular complexity index is 533. The van der Waals surface area contributed by atoms with Crippen molar-refractivity contribution in [2.75, 3.05) is 20.2 Å². The van der Waals surface area contributed by atoms with Crippen LogP contribution in [0.3, 0.4) is 0 Å². The van der Waals surface area contributed by atoms with Gasteiger partial charge in [0.15, 0.2) is 0 Å². The molecule has 1 fully saturated rings. The minimum atomic E-state index is -3.47. The Morgan fingerprint density at radius 3 is 2.65 bits per heavy atom. The van der Waals surface area contributed by atoms with Gasteiger partial charge in [0.2, 0.25) is 15.9 Å². The van der Waals surface area contributed by atoms with E-state index in [1.54, 1.807) is 6.07 Å². The quantitative estimate of drug-likeness (QED) is 0.889.